The summed E-state index contributed by atoms with van der Waals surface area (Å²) in [5.41, 5.74) is 0.902. The summed E-state index contributed by atoms with van der Waals surface area (Å²) in [6.07, 6.45) is -1.42. The quantitative estimate of drug-likeness (QED) is 0.627. The van der Waals surface area contributed by atoms with Crippen molar-refractivity contribution in [2.24, 2.45) is 0 Å². The average Bonchev–Trinajstić information content (AvgIpc) is 3.35. The van der Waals surface area contributed by atoms with Crippen LogP contribution in [0.3, 0.4) is 0 Å². The summed E-state index contributed by atoms with van der Waals surface area (Å²) in [5.74, 6) is 0.490. The molecule has 0 bridgehead atoms. The fourth-order valence-electron chi connectivity index (χ4n) is 3.50. The SMILES string of the molecule is O=C(CCc1ccco1)c1cnn2c1NC(c1ccccc1)CC2C(F)(F)F. The molecule has 0 amide bonds. The molecule has 4 rings (SSSR count). The number of benzene rings is 1. The zero-order chi connectivity index (χ0) is 19.7. The summed E-state index contributed by atoms with van der Waals surface area (Å²) in [6.45, 7) is 0. The molecule has 1 N–H and O–H groups in total. The molecular weight excluding hydrogens is 371 g/mol. The van der Waals surface area contributed by atoms with Crippen LogP contribution in [0.1, 0.15) is 46.6 Å². The highest BCUT2D eigenvalue weighted by Gasteiger charge is 2.47. The zero-order valence-electron chi connectivity index (χ0n) is 14.8. The summed E-state index contributed by atoms with van der Waals surface area (Å²) < 4.78 is 47.1. The molecule has 28 heavy (non-hydrogen) atoms. The molecule has 1 aromatic carbocycles. The van der Waals surface area contributed by atoms with Gasteiger partial charge in [-0.1, -0.05) is 30.3 Å². The molecule has 8 heteroatoms. The molecular formula is C20H18F3N3O2. The minimum atomic E-state index is -4.47. The maximum Gasteiger partial charge on any atom is 0.410 e. The van der Waals surface area contributed by atoms with E-state index in [2.05, 4.69) is 10.4 Å². The van der Waals surface area contributed by atoms with Crippen LogP contribution in [0.25, 0.3) is 0 Å². The van der Waals surface area contributed by atoms with Crippen LogP contribution in [0.2, 0.25) is 0 Å². The van der Waals surface area contributed by atoms with E-state index in [4.69, 9.17) is 4.42 Å². The highest BCUT2D eigenvalue weighted by atomic mass is 19.4. The smallest absolute Gasteiger partial charge is 0.410 e. The van der Waals surface area contributed by atoms with E-state index in [0.29, 0.717) is 12.2 Å². The number of hydrogen-bond donors (Lipinski definition) is 1. The van der Waals surface area contributed by atoms with Crippen molar-refractivity contribution in [2.75, 3.05) is 5.32 Å². The molecule has 0 fully saturated rings. The van der Waals surface area contributed by atoms with Gasteiger partial charge < -0.3 is 9.73 Å². The van der Waals surface area contributed by atoms with E-state index >= 15 is 0 Å². The number of fused-ring (bicyclic) bond motifs is 1. The Hall–Kier alpha value is -3.03. The largest absolute Gasteiger partial charge is 0.469 e. The second kappa shape index (κ2) is 7.18. The lowest BCUT2D eigenvalue weighted by Crippen LogP contribution is -2.36. The Morgan fingerprint density at radius 1 is 1.21 bits per heavy atom. The first kappa shape index (κ1) is 18.3. The Morgan fingerprint density at radius 3 is 2.68 bits per heavy atom. The Labute approximate surface area is 159 Å². The number of alkyl halides is 3. The second-order valence-corrected chi connectivity index (χ2v) is 6.75. The van der Waals surface area contributed by atoms with Gasteiger partial charge in [0.15, 0.2) is 11.8 Å². The number of nitrogens with one attached hydrogen (secondary N) is 1. The first-order chi connectivity index (χ1) is 13.4. The van der Waals surface area contributed by atoms with Crippen LogP contribution in [0.15, 0.2) is 59.3 Å². The number of aromatic nitrogens is 2. The highest BCUT2D eigenvalue weighted by molar-refractivity contribution is 6.00. The molecule has 0 spiro atoms. The van der Waals surface area contributed by atoms with Gasteiger partial charge in [0.05, 0.1) is 24.1 Å². The topological polar surface area (TPSA) is 60.1 Å². The minimum absolute atomic E-state index is 0.117. The van der Waals surface area contributed by atoms with Gasteiger partial charge in [-0.3, -0.25) is 4.79 Å². The zero-order valence-corrected chi connectivity index (χ0v) is 14.8. The van der Waals surface area contributed by atoms with Gasteiger partial charge in [0.25, 0.3) is 0 Å². The molecule has 1 aliphatic rings. The molecule has 3 heterocycles. The number of Topliss-reactive ketones (excluding diaryl/α,β-unsaturated/α-hetero) is 1. The lowest BCUT2D eigenvalue weighted by molar-refractivity contribution is -0.173. The third-order valence-corrected chi connectivity index (χ3v) is 4.92. The number of aryl methyl sites for hydroxylation is 1. The standard InChI is InChI=1S/C20H18F3N3O2/c21-20(22,23)18-11-16(13-5-2-1-3-6-13)25-19-15(12-24-26(18)19)17(27)9-8-14-7-4-10-28-14/h1-7,10,12,16,18,25H,8-9,11H2. The van der Waals surface area contributed by atoms with Crippen molar-refractivity contribution in [3.05, 3.63) is 71.8 Å². The molecule has 146 valence electrons. The fourth-order valence-corrected chi connectivity index (χ4v) is 3.50. The van der Waals surface area contributed by atoms with Crippen molar-refractivity contribution in [2.45, 2.75) is 37.5 Å². The van der Waals surface area contributed by atoms with E-state index in [9.17, 15) is 18.0 Å². The van der Waals surface area contributed by atoms with E-state index < -0.39 is 18.3 Å². The van der Waals surface area contributed by atoms with Gasteiger partial charge in [0.2, 0.25) is 0 Å². The van der Waals surface area contributed by atoms with Crippen LogP contribution in [-0.4, -0.2) is 21.7 Å². The molecule has 0 aliphatic carbocycles. The van der Waals surface area contributed by atoms with E-state index in [1.807, 2.05) is 0 Å². The van der Waals surface area contributed by atoms with Crippen molar-refractivity contribution in [1.29, 1.82) is 0 Å². The summed E-state index contributed by atoms with van der Waals surface area (Å²) in [7, 11) is 0. The Morgan fingerprint density at radius 2 is 2.00 bits per heavy atom. The van der Waals surface area contributed by atoms with Crippen molar-refractivity contribution in [3.63, 3.8) is 0 Å². The summed E-state index contributed by atoms with van der Waals surface area (Å²) in [6, 6.07) is 10.0. The lowest BCUT2D eigenvalue weighted by atomic mass is 9.96. The minimum Gasteiger partial charge on any atom is -0.469 e. The Balaban J connectivity index is 1.64. The highest BCUT2D eigenvalue weighted by Crippen LogP contribution is 2.44. The molecule has 3 aromatic rings. The number of rotatable bonds is 5. The molecule has 2 aromatic heterocycles. The van der Waals surface area contributed by atoms with Crippen LogP contribution in [0.5, 0.6) is 0 Å². The van der Waals surface area contributed by atoms with E-state index in [1.54, 1.807) is 42.5 Å². The molecule has 2 atom stereocenters. The van der Waals surface area contributed by atoms with Crippen molar-refractivity contribution in [1.82, 2.24) is 9.78 Å². The van der Waals surface area contributed by atoms with E-state index in [1.165, 1.54) is 12.5 Å². The normalized spacial score (nSPS) is 19.1. The number of nitrogens with zero attached hydrogens (tertiary/aromatic N) is 2. The number of carbonyl (C=O) groups excluding carboxylic acids is 1. The molecule has 1 aliphatic heterocycles. The summed E-state index contributed by atoms with van der Waals surface area (Å²) in [4.78, 5) is 12.7. The summed E-state index contributed by atoms with van der Waals surface area (Å²) >= 11 is 0. The van der Waals surface area contributed by atoms with Crippen LogP contribution in [0.4, 0.5) is 19.0 Å². The maximum atomic E-state index is 13.7. The number of anilines is 1. The maximum absolute atomic E-state index is 13.7. The van der Waals surface area contributed by atoms with Gasteiger partial charge in [0, 0.05) is 19.3 Å². The molecule has 0 radical (unpaired) electrons. The van der Waals surface area contributed by atoms with Crippen LogP contribution in [0, 0.1) is 0 Å². The van der Waals surface area contributed by atoms with Crippen LogP contribution in [-0.2, 0) is 6.42 Å². The van der Waals surface area contributed by atoms with E-state index in [-0.39, 0.29) is 30.0 Å². The summed E-state index contributed by atoms with van der Waals surface area (Å²) in [5, 5.41) is 6.98. The van der Waals surface area contributed by atoms with Gasteiger partial charge in [-0.25, -0.2) is 4.68 Å². The van der Waals surface area contributed by atoms with Gasteiger partial charge in [0.1, 0.15) is 11.6 Å². The van der Waals surface area contributed by atoms with Gasteiger partial charge in [-0.15, -0.1) is 0 Å². The van der Waals surface area contributed by atoms with Crippen molar-refractivity contribution in [3.8, 4) is 0 Å². The molecule has 2 unspecified atom stereocenters. The Bertz CT molecular complexity index is 949. The third kappa shape index (κ3) is 3.54. The molecule has 5 nitrogen and oxygen atoms in total. The third-order valence-electron chi connectivity index (χ3n) is 4.92. The van der Waals surface area contributed by atoms with Crippen molar-refractivity contribution >= 4 is 11.6 Å². The lowest BCUT2D eigenvalue weighted by Gasteiger charge is -2.34. The molecule has 0 saturated heterocycles. The number of hydrogen-bond acceptors (Lipinski definition) is 4. The van der Waals surface area contributed by atoms with Crippen molar-refractivity contribution < 1.29 is 22.4 Å². The van der Waals surface area contributed by atoms with E-state index in [0.717, 1.165) is 10.2 Å². The first-order valence-corrected chi connectivity index (χ1v) is 8.95. The number of ketones is 1. The Kier molecular flexibility index (Phi) is 4.70. The monoisotopic (exact) mass is 389 g/mol. The van der Waals surface area contributed by atoms with Crippen LogP contribution >= 0.6 is 0 Å². The molecule has 0 saturated carbocycles. The van der Waals surface area contributed by atoms with Gasteiger partial charge in [-0.05, 0) is 17.7 Å². The second-order valence-electron chi connectivity index (χ2n) is 6.75. The number of halogens is 3. The van der Waals surface area contributed by atoms with Gasteiger partial charge in [-0.2, -0.15) is 18.3 Å². The predicted octanol–water partition coefficient (Wildman–Crippen LogP) is 4.95. The fraction of sp³-hybridized carbons (Fsp3) is 0.300. The first-order valence-electron chi connectivity index (χ1n) is 8.95. The predicted molar refractivity (Wildman–Crippen MR) is 96.1 cm³/mol. The van der Waals surface area contributed by atoms with Gasteiger partial charge >= 0.3 is 6.18 Å². The number of furan rings is 1. The van der Waals surface area contributed by atoms with Crippen LogP contribution < -0.4 is 5.32 Å². The average molecular weight is 389 g/mol. The number of carbonyl (C=O) groups is 1.